The van der Waals surface area contributed by atoms with Gasteiger partial charge < -0.3 is 30.5 Å². The minimum absolute atomic E-state index is 0.0728. The SMILES string of the molecule is COc1ccc(CCNc2nc(N)c3c(n2)OCCN(c2ccc(C4CCC(CC(=O)O)CC4)cc2)C3=O)cc1. The van der Waals surface area contributed by atoms with Crippen molar-refractivity contribution in [2.24, 2.45) is 5.92 Å². The number of nitrogens with zero attached hydrogens (tertiary/aromatic N) is 3. The second-order valence-corrected chi connectivity index (χ2v) is 10.3. The number of aromatic nitrogens is 2. The summed E-state index contributed by atoms with van der Waals surface area (Å²) in [4.78, 5) is 35.0. The maximum absolute atomic E-state index is 13.5. The van der Waals surface area contributed by atoms with E-state index < -0.39 is 5.97 Å². The van der Waals surface area contributed by atoms with Gasteiger partial charge in [-0.05, 0) is 79.3 Å². The third-order valence-corrected chi connectivity index (χ3v) is 7.76. The van der Waals surface area contributed by atoms with Gasteiger partial charge >= 0.3 is 5.97 Å². The molecule has 1 fully saturated rings. The number of methoxy groups -OCH3 is 1. The van der Waals surface area contributed by atoms with Crippen molar-refractivity contribution < 1.29 is 24.2 Å². The van der Waals surface area contributed by atoms with Gasteiger partial charge in [0, 0.05) is 18.7 Å². The van der Waals surface area contributed by atoms with Crippen LogP contribution in [0.3, 0.4) is 0 Å². The zero-order valence-corrected chi connectivity index (χ0v) is 22.6. The summed E-state index contributed by atoms with van der Waals surface area (Å²) >= 11 is 0. The number of nitrogens with one attached hydrogen (secondary N) is 1. The Labute approximate surface area is 233 Å². The molecule has 3 aromatic rings. The molecule has 210 valence electrons. The topological polar surface area (TPSA) is 140 Å². The van der Waals surface area contributed by atoms with Gasteiger partial charge in [-0.3, -0.25) is 9.59 Å². The number of carbonyl (C=O) groups is 2. The summed E-state index contributed by atoms with van der Waals surface area (Å²) in [6, 6.07) is 15.9. The van der Waals surface area contributed by atoms with Crippen LogP contribution in [-0.4, -0.2) is 53.8 Å². The highest BCUT2D eigenvalue weighted by atomic mass is 16.5. The number of carbonyl (C=O) groups excluding carboxylic acids is 1. The van der Waals surface area contributed by atoms with Crippen molar-refractivity contribution in [2.45, 2.75) is 44.4 Å². The van der Waals surface area contributed by atoms with Crippen molar-refractivity contribution in [3.05, 3.63) is 65.2 Å². The van der Waals surface area contributed by atoms with Gasteiger partial charge in [0.2, 0.25) is 11.8 Å². The molecule has 10 heteroatoms. The van der Waals surface area contributed by atoms with Crippen LogP contribution in [-0.2, 0) is 11.2 Å². The molecular weight excluding hydrogens is 510 g/mol. The highest BCUT2D eigenvalue weighted by Gasteiger charge is 2.30. The lowest BCUT2D eigenvalue weighted by Gasteiger charge is -2.28. The number of ether oxygens (including phenoxy) is 2. The first kappa shape index (κ1) is 27.2. The molecule has 2 aromatic carbocycles. The molecule has 0 spiro atoms. The number of carboxylic acid groups (broad SMARTS) is 1. The quantitative estimate of drug-likeness (QED) is 0.354. The summed E-state index contributed by atoms with van der Waals surface area (Å²) in [6.07, 6.45) is 4.80. The van der Waals surface area contributed by atoms with E-state index in [1.54, 1.807) is 12.0 Å². The monoisotopic (exact) mass is 545 g/mol. The fourth-order valence-corrected chi connectivity index (χ4v) is 5.54. The first-order chi connectivity index (χ1) is 19.4. The molecule has 2 aliphatic rings. The third-order valence-electron chi connectivity index (χ3n) is 7.76. The number of nitrogens with two attached hydrogens (primary N) is 1. The number of anilines is 3. The molecule has 5 rings (SSSR count). The van der Waals surface area contributed by atoms with Crippen molar-refractivity contribution >= 4 is 29.3 Å². The Balaban J connectivity index is 1.23. The lowest BCUT2D eigenvalue weighted by Crippen LogP contribution is -2.32. The molecule has 0 radical (unpaired) electrons. The van der Waals surface area contributed by atoms with Gasteiger partial charge in [-0.1, -0.05) is 24.3 Å². The van der Waals surface area contributed by atoms with Crippen molar-refractivity contribution in [3.63, 3.8) is 0 Å². The molecule has 1 aromatic heterocycles. The molecule has 40 heavy (non-hydrogen) atoms. The standard InChI is InChI=1S/C30H35N5O5/c1-39-24-12-4-19(5-13-24)14-15-32-30-33-27(31)26-28(34-30)40-17-16-35(29(26)38)23-10-8-22(9-11-23)21-6-2-20(3-7-21)18-25(36)37/h4-5,8-13,20-21H,2-3,6-7,14-18H2,1H3,(H,36,37)(H3,31,32,33,34). The largest absolute Gasteiger partial charge is 0.497 e. The summed E-state index contributed by atoms with van der Waals surface area (Å²) in [5.74, 6) is 1.03. The molecule has 1 aliphatic heterocycles. The number of nitrogen functional groups attached to an aromatic ring is 1. The maximum Gasteiger partial charge on any atom is 0.303 e. The average Bonchev–Trinajstić information content (AvgIpc) is 3.12. The first-order valence-corrected chi connectivity index (χ1v) is 13.7. The van der Waals surface area contributed by atoms with Crippen LogP contribution in [0.2, 0.25) is 0 Å². The van der Waals surface area contributed by atoms with E-state index in [0.29, 0.717) is 25.0 Å². The number of rotatable bonds is 9. The lowest BCUT2D eigenvalue weighted by molar-refractivity contribution is -0.138. The van der Waals surface area contributed by atoms with E-state index in [0.717, 1.165) is 49.1 Å². The van der Waals surface area contributed by atoms with Gasteiger partial charge in [0.1, 0.15) is 23.7 Å². The van der Waals surface area contributed by atoms with Gasteiger partial charge in [0.15, 0.2) is 0 Å². The van der Waals surface area contributed by atoms with Crippen LogP contribution in [0.1, 0.15) is 59.5 Å². The molecule has 2 heterocycles. The highest BCUT2D eigenvalue weighted by Crippen LogP contribution is 2.38. The zero-order valence-electron chi connectivity index (χ0n) is 22.6. The summed E-state index contributed by atoms with van der Waals surface area (Å²) < 4.78 is 11.0. The molecular formula is C30H35N5O5. The number of hydrogen-bond acceptors (Lipinski definition) is 8. The molecule has 1 aliphatic carbocycles. The second kappa shape index (κ2) is 12.2. The van der Waals surface area contributed by atoms with E-state index in [-0.39, 0.29) is 42.1 Å². The van der Waals surface area contributed by atoms with Crippen LogP contribution < -0.4 is 25.4 Å². The average molecular weight is 546 g/mol. The number of benzene rings is 2. The molecule has 1 amide bonds. The van der Waals surface area contributed by atoms with Gasteiger partial charge in [-0.2, -0.15) is 9.97 Å². The Kier molecular flexibility index (Phi) is 8.33. The Morgan fingerprint density at radius 2 is 1.82 bits per heavy atom. The van der Waals surface area contributed by atoms with E-state index in [9.17, 15) is 9.59 Å². The molecule has 4 N–H and O–H groups in total. The Morgan fingerprint density at radius 1 is 1.10 bits per heavy atom. The zero-order chi connectivity index (χ0) is 28.1. The third kappa shape index (κ3) is 6.27. The fourth-order valence-electron chi connectivity index (χ4n) is 5.54. The normalized spacial score (nSPS) is 18.8. The molecule has 10 nitrogen and oxygen atoms in total. The number of fused-ring (bicyclic) bond motifs is 1. The van der Waals surface area contributed by atoms with Crippen LogP contribution in [0, 0.1) is 5.92 Å². The summed E-state index contributed by atoms with van der Waals surface area (Å²) in [6.45, 7) is 1.21. The summed E-state index contributed by atoms with van der Waals surface area (Å²) in [7, 11) is 1.64. The molecule has 0 unspecified atom stereocenters. The van der Waals surface area contributed by atoms with Crippen LogP contribution >= 0.6 is 0 Å². The van der Waals surface area contributed by atoms with Gasteiger partial charge in [0.25, 0.3) is 5.91 Å². The maximum atomic E-state index is 13.5. The van der Waals surface area contributed by atoms with Gasteiger partial charge in [-0.25, -0.2) is 0 Å². The smallest absolute Gasteiger partial charge is 0.303 e. The van der Waals surface area contributed by atoms with Crippen molar-refractivity contribution in [1.29, 1.82) is 0 Å². The lowest BCUT2D eigenvalue weighted by atomic mass is 9.77. The number of amides is 1. The molecule has 1 saturated carbocycles. The highest BCUT2D eigenvalue weighted by molar-refractivity contribution is 6.10. The molecule has 0 atom stereocenters. The fraction of sp³-hybridized carbons (Fsp3) is 0.400. The van der Waals surface area contributed by atoms with Gasteiger partial charge in [-0.15, -0.1) is 0 Å². The van der Waals surface area contributed by atoms with Crippen LogP contribution in [0.4, 0.5) is 17.5 Å². The minimum atomic E-state index is -0.719. The summed E-state index contributed by atoms with van der Waals surface area (Å²) in [5, 5.41) is 12.2. The van der Waals surface area contributed by atoms with Crippen LogP contribution in [0.5, 0.6) is 11.6 Å². The van der Waals surface area contributed by atoms with Crippen molar-refractivity contribution in [1.82, 2.24) is 9.97 Å². The van der Waals surface area contributed by atoms with E-state index in [1.165, 1.54) is 5.56 Å². The number of carboxylic acids is 1. The number of hydrogen-bond donors (Lipinski definition) is 3. The summed E-state index contributed by atoms with van der Waals surface area (Å²) in [5.41, 5.74) is 9.52. The second-order valence-electron chi connectivity index (χ2n) is 10.3. The van der Waals surface area contributed by atoms with E-state index in [4.69, 9.17) is 20.3 Å². The van der Waals surface area contributed by atoms with Crippen molar-refractivity contribution in [3.8, 4) is 11.6 Å². The van der Waals surface area contributed by atoms with Crippen molar-refractivity contribution in [2.75, 3.05) is 42.8 Å². The van der Waals surface area contributed by atoms with E-state index in [1.807, 2.05) is 36.4 Å². The Morgan fingerprint density at radius 3 is 2.50 bits per heavy atom. The minimum Gasteiger partial charge on any atom is -0.497 e. The van der Waals surface area contributed by atoms with Crippen LogP contribution in [0.25, 0.3) is 0 Å². The Bertz CT molecular complexity index is 1340. The Hall–Kier alpha value is -4.34. The van der Waals surface area contributed by atoms with E-state index >= 15 is 0 Å². The predicted molar refractivity (Wildman–Crippen MR) is 152 cm³/mol. The van der Waals surface area contributed by atoms with Crippen LogP contribution in [0.15, 0.2) is 48.5 Å². The van der Waals surface area contributed by atoms with Gasteiger partial charge in [0.05, 0.1) is 13.7 Å². The van der Waals surface area contributed by atoms with E-state index in [2.05, 4.69) is 27.4 Å². The predicted octanol–water partition coefficient (Wildman–Crippen LogP) is 4.51. The molecule has 0 bridgehead atoms. The first-order valence-electron chi connectivity index (χ1n) is 13.7. The molecule has 0 saturated heterocycles. The number of aliphatic carboxylic acids is 1.